The smallest absolute Gasteiger partial charge is 0.230 e. The maximum absolute atomic E-state index is 14.3. The van der Waals surface area contributed by atoms with Crippen molar-refractivity contribution in [3.05, 3.63) is 42.3 Å². The Morgan fingerprint density at radius 2 is 2.00 bits per heavy atom. The van der Waals surface area contributed by atoms with E-state index in [1.807, 2.05) is 0 Å². The van der Waals surface area contributed by atoms with Crippen LogP contribution in [-0.2, 0) is 0 Å². The van der Waals surface area contributed by atoms with Crippen molar-refractivity contribution < 1.29 is 13.7 Å². The number of methoxy groups -OCH3 is 1. The molecule has 2 aliphatic heterocycles. The molecule has 0 saturated carbocycles. The third-order valence-electron chi connectivity index (χ3n) is 5.77. The molecule has 0 amide bonds. The summed E-state index contributed by atoms with van der Waals surface area (Å²) in [6, 6.07) is 9.11. The molecular formula is C21H22FN5O2. The summed E-state index contributed by atoms with van der Waals surface area (Å²) >= 11 is 0. The van der Waals surface area contributed by atoms with Crippen molar-refractivity contribution in [1.82, 2.24) is 15.1 Å². The van der Waals surface area contributed by atoms with Crippen molar-refractivity contribution in [3.63, 3.8) is 0 Å². The van der Waals surface area contributed by atoms with Gasteiger partial charge >= 0.3 is 0 Å². The fourth-order valence-electron chi connectivity index (χ4n) is 4.43. The highest BCUT2D eigenvalue weighted by molar-refractivity contribution is 5.65. The van der Waals surface area contributed by atoms with Gasteiger partial charge in [-0.15, -0.1) is 0 Å². The van der Waals surface area contributed by atoms with E-state index in [-0.39, 0.29) is 0 Å². The molecule has 1 N–H and O–H groups in total. The van der Waals surface area contributed by atoms with E-state index in [1.165, 1.54) is 32.4 Å². The highest BCUT2D eigenvalue weighted by Gasteiger charge is 2.45. The Labute approximate surface area is 167 Å². The summed E-state index contributed by atoms with van der Waals surface area (Å²) in [6.45, 7) is 2.31. The van der Waals surface area contributed by atoms with Crippen LogP contribution >= 0.6 is 0 Å². The number of hydrogen-bond acceptors (Lipinski definition) is 7. The summed E-state index contributed by atoms with van der Waals surface area (Å²) in [5, 5.41) is 7.07. The molecule has 29 heavy (non-hydrogen) atoms. The highest BCUT2D eigenvalue weighted by atomic mass is 19.1. The average molecular weight is 395 g/mol. The fraction of sp³-hybridized carbons (Fsp3) is 0.381. The lowest BCUT2D eigenvalue weighted by atomic mass is 9.74. The number of hydrogen-bond donors (Lipinski definition) is 1. The predicted molar refractivity (Wildman–Crippen MR) is 107 cm³/mol. The van der Waals surface area contributed by atoms with Gasteiger partial charge in [-0.3, -0.25) is 0 Å². The van der Waals surface area contributed by atoms with E-state index < -0.39 is 5.82 Å². The predicted octanol–water partition coefficient (Wildman–Crippen LogP) is 4.40. The number of fused-ring (bicyclic) bond motifs is 2. The topological polar surface area (TPSA) is 76.3 Å². The van der Waals surface area contributed by atoms with E-state index in [2.05, 4.69) is 32.3 Å². The summed E-state index contributed by atoms with van der Waals surface area (Å²) in [4.78, 5) is 11.4. The highest BCUT2D eigenvalue weighted by Crippen LogP contribution is 2.43. The van der Waals surface area contributed by atoms with Crippen molar-refractivity contribution >= 4 is 17.7 Å². The van der Waals surface area contributed by atoms with Crippen LogP contribution in [-0.4, -0.2) is 34.3 Å². The third kappa shape index (κ3) is 3.28. The van der Waals surface area contributed by atoms with Crippen LogP contribution < -0.4 is 15.0 Å². The second kappa shape index (κ2) is 7.02. The van der Waals surface area contributed by atoms with Gasteiger partial charge < -0.3 is 19.5 Å². The van der Waals surface area contributed by atoms with Crippen LogP contribution in [0.3, 0.4) is 0 Å². The monoisotopic (exact) mass is 395 g/mol. The third-order valence-corrected chi connectivity index (χ3v) is 5.77. The number of benzene rings is 1. The van der Waals surface area contributed by atoms with Gasteiger partial charge in [0.2, 0.25) is 11.8 Å². The summed E-state index contributed by atoms with van der Waals surface area (Å²) < 4.78 is 24.6. The number of nitrogens with zero attached hydrogens (tertiary/aromatic N) is 4. The van der Waals surface area contributed by atoms with Crippen molar-refractivity contribution in [3.8, 4) is 17.0 Å². The van der Waals surface area contributed by atoms with Crippen LogP contribution in [0.5, 0.6) is 5.75 Å². The molecule has 4 heterocycles. The zero-order valence-electron chi connectivity index (χ0n) is 16.3. The molecule has 150 valence electrons. The Hall–Kier alpha value is -3.16. The summed E-state index contributed by atoms with van der Waals surface area (Å²) in [5.74, 6) is 2.54. The van der Waals surface area contributed by atoms with Gasteiger partial charge in [0.05, 0.1) is 7.11 Å². The number of nitrogens with one attached hydrogen (secondary N) is 1. The van der Waals surface area contributed by atoms with E-state index >= 15 is 0 Å². The van der Waals surface area contributed by atoms with Crippen molar-refractivity contribution in [2.75, 3.05) is 17.3 Å². The zero-order valence-corrected chi connectivity index (χ0v) is 16.3. The minimum Gasteiger partial charge on any atom is -0.497 e. The van der Waals surface area contributed by atoms with Crippen LogP contribution in [0.4, 0.5) is 22.0 Å². The van der Waals surface area contributed by atoms with E-state index in [0.29, 0.717) is 40.8 Å². The molecule has 0 radical (unpaired) electrons. The molecule has 2 aromatic heterocycles. The van der Waals surface area contributed by atoms with Gasteiger partial charge in [-0.05, 0) is 43.4 Å². The summed E-state index contributed by atoms with van der Waals surface area (Å²) in [6.07, 6.45) is 5.35. The van der Waals surface area contributed by atoms with E-state index in [4.69, 9.17) is 9.26 Å². The van der Waals surface area contributed by atoms with Crippen LogP contribution in [0.2, 0.25) is 0 Å². The van der Waals surface area contributed by atoms with Gasteiger partial charge in [-0.25, -0.2) is 9.37 Å². The lowest BCUT2D eigenvalue weighted by molar-refractivity contribution is 0.186. The van der Waals surface area contributed by atoms with E-state index in [1.54, 1.807) is 30.5 Å². The lowest BCUT2D eigenvalue weighted by Gasteiger charge is -2.54. The number of anilines is 3. The van der Waals surface area contributed by atoms with Gasteiger partial charge in [-0.2, -0.15) is 4.98 Å². The molecule has 1 aromatic carbocycles. The number of halogens is 1. The molecule has 2 fully saturated rings. The first-order valence-corrected chi connectivity index (χ1v) is 9.79. The molecule has 0 aliphatic carbocycles. The molecule has 2 aliphatic rings. The molecule has 8 heteroatoms. The van der Waals surface area contributed by atoms with Crippen LogP contribution in [0.1, 0.15) is 26.2 Å². The largest absolute Gasteiger partial charge is 0.497 e. The van der Waals surface area contributed by atoms with Gasteiger partial charge in [0, 0.05) is 36.0 Å². The maximum Gasteiger partial charge on any atom is 0.230 e. The van der Waals surface area contributed by atoms with Gasteiger partial charge in [0.25, 0.3) is 0 Å². The van der Waals surface area contributed by atoms with Gasteiger partial charge in [0.15, 0.2) is 0 Å². The van der Waals surface area contributed by atoms with Crippen molar-refractivity contribution in [1.29, 1.82) is 0 Å². The minimum atomic E-state index is -0.424. The van der Waals surface area contributed by atoms with Gasteiger partial charge in [-0.1, -0.05) is 12.1 Å². The molecule has 3 aromatic rings. The fourth-order valence-corrected chi connectivity index (χ4v) is 4.43. The van der Waals surface area contributed by atoms with E-state index in [0.717, 1.165) is 11.9 Å². The Balaban J connectivity index is 1.33. The minimum absolute atomic E-state index is 0.341. The number of piperidine rings is 1. The second-order valence-corrected chi connectivity index (χ2v) is 7.82. The molecule has 5 rings (SSSR count). The second-order valence-electron chi connectivity index (χ2n) is 7.82. The van der Waals surface area contributed by atoms with Crippen molar-refractivity contribution in [2.24, 2.45) is 5.92 Å². The average Bonchev–Trinajstić information content (AvgIpc) is 3.16. The summed E-state index contributed by atoms with van der Waals surface area (Å²) in [5.41, 5.74) is 0.738. The van der Waals surface area contributed by atoms with Gasteiger partial charge in [0.1, 0.15) is 23.1 Å². The first-order chi connectivity index (χ1) is 14.1. The van der Waals surface area contributed by atoms with Crippen LogP contribution in [0, 0.1) is 11.7 Å². The standard InChI is InChI=1S/C21H22FN5O2/c1-12-7-13-9-14(8-12)27(13)21-23-6-5-19(25-21)24-20-11-18(26-29-20)16-4-3-15(28-2)10-17(16)22/h3-6,10-14H,7-9H2,1-2H3,(H,23,24,25). The molecule has 2 saturated heterocycles. The number of aromatic nitrogens is 3. The Bertz CT molecular complexity index is 1030. The molecule has 2 unspecified atom stereocenters. The SMILES string of the molecule is COc1ccc(-c2cc(Nc3ccnc(N4C5CC(C)CC4C5)n3)on2)c(F)c1. The lowest BCUT2D eigenvalue weighted by Crippen LogP contribution is -2.61. The molecule has 2 atom stereocenters. The molecular weight excluding hydrogens is 373 g/mol. The quantitative estimate of drug-likeness (QED) is 0.686. The van der Waals surface area contributed by atoms with Crippen LogP contribution in [0.15, 0.2) is 41.1 Å². The van der Waals surface area contributed by atoms with Crippen molar-refractivity contribution in [2.45, 2.75) is 38.3 Å². The number of rotatable bonds is 5. The summed E-state index contributed by atoms with van der Waals surface area (Å²) in [7, 11) is 1.50. The molecule has 2 bridgehead atoms. The van der Waals surface area contributed by atoms with Crippen LogP contribution in [0.25, 0.3) is 11.3 Å². The Morgan fingerprint density at radius 3 is 2.76 bits per heavy atom. The zero-order chi connectivity index (χ0) is 20.0. The Kier molecular flexibility index (Phi) is 4.34. The number of ether oxygens (including phenoxy) is 1. The molecule has 0 spiro atoms. The Morgan fingerprint density at radius 1 is 1.17 bits per heavy atom. The first kappa shape index (κ1) is 17.9. The first-order valence-electron chi connectivity index (χ1n) is 9.79. The molecule has 7 nitrogen and oxygen atoms in total. The normalized spacial score (nSPS) is 22.9. The van der Waals surface area contributed by atoms with E-state index in [9.17, 15) is 4.39 Å². The maximum atomic E-state index is 14.3.